The van der Waals surface area contributed by atoms with Crippen molar-refractivity contribution in [1.82, 2.24) is 0 Å². The van der Waals surface area contributed by atoms with Crippen LogP contribution in [0.1, 0.15) is 15.9 Å². The van der Waals surface area contributed by atoms with Gasteiger partial charge in [-0.25, -0.2) is 4.79 Å². The first-order valence-electron chi connectivity index (χ1n) is 6.42. The summed E-state index contributed by atoms with van der Waals surface area (Å²) in [6.07, 6.45) is 0. The van der Waals surface area contributed by atoms with E-state index in [0.717, 1.165) is 0 Å². The number of phenolic OH excluding ortho intramolecular Hbond substituents is 1. The minimum absolute atomic E-state index is 0.0545. The molecule has 0 heterocycles. The van der Waals surface area contributed by atoms with Gasteiger partial charge in [0.15, 0.2) is 0 Å². The molecule has 4 nitrogen and oxygen atoms in total. The number of aromatic hydroxyl groups is 1. The van der Waals surface area contributed by atoms with Gasteiger partial charge in [-0.2, -0.15) is 0 Å². The standard InChI is InChI=1S/C16H15ClO4/c1-11-3-2-4-14(15(11)18)16(19)21-10-9-20-13-7-5-12(17)6-8-13/h2-8,18H,9-10H2,1H3. The molecule has 2 aromatic rings. The molecule has 0 fully saturated rings. The Morgan fingerprint density at radius 3 is 2.57 bits per heavy atom. The van der Waals surface area contributed by atoms with Crippen molar-refractivity contribution in [2.75, 3.05) is 13.2 Å². The topological polar surface area (TPSA) is 55.8 Å². The molecule has 5 heteroatoms. The molecule has 0 unspecified atom stereocenters. The van der Waals surface area contributed by atoms with E-state index in [0.29, 0.717) is 16.3 Å². The summed E-state index contributed by atoms with van der Waals surface area (Å²) in [5.41, 5.74) is 0.781. The van der Waals surface area contributed by atoms with Crippen molar-refractivity contribution in [2.24, 2.45) is 0 Å². The quantitative estimate of drug-likeness (QED) is 0.677. The second kappa shape index (κ2) is 6.99. The summed E-state index contributed by atoms with van der Waals surface area (Å²) in [6, 6.07) is 11.8. The van der Waals surface area contributed by atoms with Gasteiger partial charge >= 0.3 is 5.97 Å². The molecule has 0 aromatic heterocycles. The van der Waals surface area contributed by atoms with E-state index in [4.69, 9.17) is 21.1 Å². The van der Waals surface area contributed by atoms with E-state index >= 15 is 0 Å². The smallest absolute Gasteiger partial charge is 0.342 e. The number of hydrogen-bond donors (Lipinski definition) is 1. The van der Waals surface area contributed by atoms with Gasteiger partial charge in [0, 0.05) is 5.02 Å². The van der Waals surface area contributed by atoms with Gasteiger partial charge in [-0.15, -0.1) is 0 Å². The normalized spacial score (nSPS) is 10.2. The molecule has 21 heavy (non-hydrogen) atoms. The largest absolute Gasteiger partial charge is 0.507 e. The third-order valence-corrected chi connectivity index (χ3v) is 3.11. The number of halogens is 1. The van der Waals surface area contributed by atoms with E-state index in [9.17, 15) is 9.90 Å². The maximum absolute atomic E-state index is 11.8. The van der Waals surface area contributed by atoms with Crippen molar-refractivity contribution in [3.05, 3.63) is 58.6 Å². The van der Waals surface area contributed by atoms with Gasteiger partial charge in [-0.3, -0.25) is 0 Å². The fourth-order valence-electron chi connectivity index (χ4n) is 1.73. The van der Waals surface area contributed by atoms with Crippen molar-refractivity contribution in [2.45, 2.75) is 6.92 Å². The van der Waals surface area contributed by atoms with Gasteiger partial charge in [-0.05, 0) is 42.8 Å². The van der Waals surface area contributed by atoms with Crippen LogP contribution in [0.3, 0.4) is 0 Å². The van der Waals surface area contributed by atoms with E-state index in [1.807, 2.05) is 0 Å². The predicted octanol–water partition coefficient (Wildman–Crippen LogP) is 3.59. The summed E-state index contributed by atoms with van der Waals surface area (Å²) in [7, 11) is 0. The minimum Gasteiger partial charge on any atom is -0.507 e. The van der Waals surface area contributed by atoms with Gasteiger partial charge in [0.2, 0.25) is 0 Å². The minimum atomic E-state index is -0.573. The van der Waals surface area contributed by atoms with E-state index in [1.54, 1.807) is 43.3 Å². The van der Waals surface area contributed by atoms with Gasteiger partial charge in [-0.1, -0.05) is 23.7 Å². The number of ether oxygens (including phenoxy) is 2. The molecule has 0 aliphatic rings. The number of rotatable bonds is 5. The summed E-state index contributed by atoms with van der Waals surface area (Å²) in [5, 5.41) is 10.4. The molecule has 0 bridgehead atoms. The second-order valence-electron chi connectivity index (χ2n) is 4.41. The van der Waals surface area contributed by atoms with Gasteiger partial charge < -0.3 is 14.6 Å². The number of carbonyl (C=O) groups is 1. The van der Waals surface area contributed by atoms with Crippen LogP contribution < -0.4 is 4.74 Å². The summed E-state index contributed by atoms with van der Waals surface area (Å²) >= 11 is 5.76. The molecule has 0 amide bonds. The highest BCUT2D eigenvalue weighted by Crippen LogP contribution is 2.22. The van der Waals surface area contributed by atoms with Crippen LogP contribution in [0.15, 0.2) is 42.5 Å². The monoisotopic (exact) mass is 306 g/mol. The molecule has 110 valence electrons. The molecule has 0 atom stereocenters. The molecule has 0 saturated heterocycles. The number of phenols is 1. The number of esters is 1. The van der Waals surface area contributed by atoms with Crippen LogP contribution in [0.2, 0.25) is 5.02 Å². The molecule has 1 N–H and O–H groups in total. The molecular formula is C16H15ClO4. The lowest BCUT2D eigenvalue weighted by Gasteiger charge is -2.09. The Kier molecular flexibility index (Phi) is 5.06. The van der Waals surface area contributed by atoms with Crippen molar-refractivity contribution >= 4 is 17.6 Å². The fourth-order valence-corrected chi connectivity index (χ4v) is 1.85. The molecule has 0 radical (unpaired) electrons. The zero-order valence-corrected chi connectivity index (χ0v) is 12.3. The third kappa shape index (κ3) is 4.13. The van der Waals surface area contributed by atoms with E-state index in [1.165, 1.54) is 6.07 Å². The predicted molar refractivity (Wildman–Crippen MR) is 80.1 cm³/mol. The zero-order chi connectivity index (χ0) is 15.2. The Balaban J connectivity index is 1.82. The Hall–Kier alpha value is -2.20. The first-order valence-corrected chi connectivity index (χ1v) is 6.80. The summed E-state index contributed by atoms with van der Waals surface area (Å²) in [5.74, 6) is 0.0193. The van der Waals surface area contributed by atoms with Crippen LogP contribution >= 0.6 is 11.6 Å². The average molecular weight is 307 g/mol. The van der Waals surface area contributed by atoms with Crippen LogP contribution in [0.25, 0.3) is 0 Å². The summed E-state index contributed by atoms with van der Waals surface area (Å²) in [6.45, 7) is 2.03. The number of benzene rings is 2. The van der Waals surface area contributed by atoms with Crippen molar-refractivity contribution < 1.29 is 19.4 Å². The van der Waals surface area contributed by atoms with Crippen LogP contribution in [0, 0.1) is 6.92 Å². The number of hydrogen-bond acceptors (Lipinski definition) is 4. The van der Waals surface area contributed by atoms with Crippen LogP contribution in [-0.2, 0) is 4.74 Å². The van der Waals surface area contributed by atoms with Crippen molar-refractivity contribution in [1.29, 1.82) is 0 Å². The molecule has 2 rings (SSSR count). The summed E-state index contributed by atoms with van der Waals surface area (Å²) < 4.78 is 10.5. The Labute approximate surface area is 127 Å². The van der Waals surface area contributed by atoms with Crippen LogP contribution in [0.4, 0.5) is 0 Å². The Bertz CT molecular complexity index is 623. The maximum Gasteiger partial charge on any atom is 0.342 e. The molecule has 2 aromatic carbocycles. The highest BCUT2D eigenvalue weighted by Gasteiger charge is 2.13. The average Bonchev–Trinajstić information content (AvgIpc) is 2.48. The lowest BCUT2D eigenvalue weighted by Crippen LogP contribution is -2.12. The Morgan fingerprint density at radius 2 is 1.86 bits per heavy atom. The zero-order valence-electron chi connectivity index (χ0n) is 11.5. The van der Waals surface area contributed by atoms with E-state index in [-0.39, 0.29) is 24.5 Å². The first kappa shape index (κ1) is 15.2. The lowest BCUT2D eigenvalue weighted by atomic mass is 10.1. The third-order valence-electron chi connectivity index (χ3n) is 2.86. The van der Waals surface area contributed by atoms with Crippen LogP contribution in [-0.4, -0.2) is 24.3 Å². The molecular weight excluding hydrogens is 292 g/mol. The molecule has 0 spiro atoms. The van der Waals surface area contributed by atoms with Crippen LogP contribution in [0.5, 0.6) is 11.5 Å². The van der Waals surface area contributed by atoms with Gasteiger partial charge in [0.1, 0.15) is 30.3 Å². The molecule has 0 aliphatic carbocycles. The van der Waals surface area contributed by atoms with E-state index in [2.05, 4.69) is 0 Å². The fraction of sp³-hybridized carbons (Fsp3) is 0.188. The molecule has 0 aliphatic heterocycles. The first-order chi connectivity index (χ1) is 10.1. The lowest BCUT2D eigenvalue weighted by molar-refractivity contribution is 0.0447. The number of para-hydroxylation sites is 1. The van der Waals surface area contributed by atoms with E-state index < -0.39 is 5.97 Å². The van der Waals surface area contributed by atoms with Gasteiger partial charge in [0.25, 0.3) is 0 Å². The van der Waals surface area contributed by atoms with Crippen molar-refractivity contribution in [3.8, 4) is 11.5 Å². The van der Waals surface area contributed by atoms with Gasteiger partial charge in [0.05, 0.1) is 0 Å². The second-order valence-corrected chi connectivity index (χ2v) is 4.85. The number of carbonyl (C=O) groups excluding carboxylic acids is 1. The highest BCUT2D eigenvalue weighted by atomic mass is 35.5. The Morgan fingerprint density at radius 1 is 1.14 bits per heavy atom. The SMILES string of the molecule is Cc1cccc(C(=O)OCCOc2ccc(Cl)cc2)c1O. The maximum atomic E-state index is 11.8. The summed E-state index contributed by atoms with van der Waals surface area (Å²) in [4.78, 5) is 11.8. The highest BCUT2D eigenvalue weighted by molar-refractivity contribution is 6.30. The molecule has 0 saturated carbocycles. The number of aryl methyl sites for hydroxylation is 1. The van der Waals surface area contributed by atoms with Crippen molar-refractivity contribution in [3.63, 3.8) is 0 Å².